The lowest BCUT2D eigenvalue weighted by Crippen LogP contribution is -2.24. The highest BCUT2D eigenvalue weighted by Gasteiger charge is 2.31. The van der Waals surface area contributed by atoms with E-state index in [1.165, 1.54) is 25.6 Å². The summed E-state index contributed by atoms with van der Waals surface area (Å²) in [7, 11) is 0. The summed E-state index contributed by atoms with van der Waals surface area (Å²) in [5.74, 6) is 1.21. The molecule has 2 aromatic rings. The second kappa shape index (κ2) is 5.76. The predicted octanol–water partition coefficient (Wildman–Crippen LogP) is 3.51. The quantitative estimate of drug-likeness (QED) is 0.804. The van der Waals surface area contributed by atoms with Crippen molar-refractivity contribution in [2.24, 2.45) is 5.41 Å². The lowest BCUT2D eigenvalue weighted by atomic mass is 9.72. The lowest BCUT2D eigenvalue weighted by molar-refractivity contribution is 0.228. The summed E-state index contributed by atoms with van der Waals surface area (Å²) in [5, 5.41) is 4.07. The van der Waals surface area contributed by atoms with Gasteiger partial charge >= 0.3 is 0 Å². The molecule has 0 bridgehead atoms. The van der Waals surface area contributed by atoms with Crippen LogP contribution in [0.5, 0.6) is 0 Å². The average molecular weight is 284 g/mol. The van der Waals surface area contributed by atoms with Gasteiger partial charge in [0.15, 0.2) is 0 Å². The highest BCUT2D eigenvalue weighted by molar-refractivity contribution is 5.52. The Bertz CT molecular complexity index is 629. The maximum atomic E-state index is 5.43. The zero-order valence-electron chi connectivity index (χ0n) is 12.4. The first-order valence-electron chi connectivity index (χ1n) is 7.46. The van der Waals surface area contributed by atoms with Crippen molar-refractivity contribution in [3.8, 4) is 11.5 Å². The van der Waals surface area contributed by atoms with E-state index in [2.05, 4.69) is 32.8 Å². The maximum Gasteiger partial charge on any atom is 0.227 e. The third-order valence-corrected chi connectivity index (χ3v) is 4.36. The van der Waals surface area contributed by atoms with E-state index in [4.69, 9.17) is 4.52 Å². The topological polar surface area (TPSA) is 64.7 Å². The van der Waals surface area contributed by atoms with E-state index >= 15 is 0 Å². The first-order valence-corrected chi connectivity index (χ1v) is 7.46. The molecule has 2 heterocycles. The van der Waals surface area contributed by atoms with Crippen molar-refractivity contribution in [3.05, 3.63) is 36.6 Å². The Labute approximate surface area is 124 Å². The van der Waals surface area contributed by atoms with Crippen molar-refractivity contribution in [1.29, 1.82) is 0 Å². The van der Waals surface area contributed by atoms with Crippen LogP contribution in [0.2, 0.25) is 0 Å². The van der Waals surface area contributed by atoms with Crippen LogP contribution in [0.3, 0.4) is 0 Å². The summed E-state index contributed by atoms with van der Waals surface area (Å²) in [6.07, 6.45) is 12.2. The molecule has 110 valence electrons. The molecule has 0 unspecified atom stereocenters. The highest BCUT2D eigenvalue weighted by Crippen LogP contribution is 2.40. The van der Waals surface area contributed by atoms with Crippen molar-refractivity contribution in [2.45, 2.75) is 45.4 Å². The number of allylic oxidation sites excluding steroid dienone is 1. The molecular weight excluding hydrogens is 264 g/mol. The van der Waals surface area contributed by atoms with Crippen LogP contribution in [0.4, 0.5) is 0 Å². The van der Waals surface area contributed by atoms with Crippen molar-refractivity contribution in [1.82, 2.24) is 20.1 Å². The van der Waals surface area contributed by atoms with E-state index in [1.54, 1.807) is 6.20 Å². The van der Waals surface area contributed by atoms with Crippen LogP contribution in [-0.4, -0.2) is 20.1 Å². The summed E-state index contributed by atoms with van der Waals surface area (Å²) >= 11 is 0. The molecule has 0 aromatic carbocycles. The van der Waals surface area contributed by atoms with Crippen molar-refractivity contribution in [2.75, 3.05) is 0 Å². The van der Waals surface area contributed by atoms with Crippen LogP contribution in [-0.2, 0) is 6.42 Å². The van der Waals surface area contributed by atoms with E-state index in [9.17, 15) is 0 Å². The molecule has 3 rings (SSSR count). The van der Waals surface area contributed by atoms with Crippen LogP contribution < -0.4 is 0 Å². The first-order chi connectivity index (χ1) is 10.2. The largest absolute Gasteiger partial charge is 0.339 e. The van der Waals surface area contributed by atoms with E-state index in [0.717, 1.165) is 30.5 Å². The molecule has 0 N–H and O–H groups in total. The Morgan fingerprint density at radius 2 is 2.14 bits per heavy atom. The Morgan fingerprint density at radius 1 is 1.33 bits per heavy atom. The van der Waals surface area contributed by atoms with E-state index in [-0.39, 0.29) is 5.41 Å². The van der Waals surface area contributed by atoms with Crippen LogP contribution >= 0.6 is 0 Å². The minimum atomic E-state index is 0.114. The molecule has 1 saturated carbocycles. The molecule has 5 nitrogen and oxygen atoms in total. The Balaban J connectivity index is 1.82. The van der Waals surface area contributed by atoms with Gasteiger partial charge in [-0.05, 0) is 30.7 Å². The molecule has 0 aliphatic heterocycles. The normalized spacial score (nSPS) is 17.6. The molecule has 0 radical (unpaired) electrons. The zero-order valence-corrected chi connectivity index (χ0v) is 12.4. The number of hydrogen-bond donors (Lipinski definition) is 0. The molecule has 0 saturated heterocycles. The standard InChI is InChI=1S/C16H20N4O/c1-3-16(7-5-4-6-8-16)9-13-19-15(20-21-13)14-12(2)10-17-11-18-14/h3,10-11H,1,4-9H2,2H3. The smallest absolute Gasteiger partial charge is 0.227 e. The number of rotatable bonds is 4. The summed E-state index contributed by atoms with van der Waals surface area (Å²) in [6, 6.07) is 0. The second-order valence-corrected chi connectivity index (χ2v) is 5.87. The van der Waals surface area contributed by atoms with Gasteiger partial charge in [0.25, 0.3) is 0 Å². The minimum absolute atomic E-state index is 0.114. The van der Waals surface area contributed by atoms with Gasteiger partial charge < -0.3 is 4.52 Å². The molecule has 1 aliphatic carbocycles. The van der Waals surface area contributed by atoms with Gasteiger partial charge in [-0.15, -0.1) is 6.58 Å². The summed E-state index contributed by atoms with van der Waals surface area (Å²) in [5.41, 5.74) is 1.79. The number of nitrogens with zero attached hydrogens (tertiary/aromatic N) is 4. The van der Waals surface area contributed by atoms with Gasteiger partial charge in [-0.3, -0.25) is 0 Å². The third-order valence-electron chi connectivity index (χ3n) is 4.36. The average Bonchev–Trinajstić information content (AvgIpc) is 2.97. The van der Waals surface area contributed by atoms with Crippen molar-refractivity contribution in [3.63, 3.8) is 0 Å². The van der Waals surface area contributed by atoms with E-state index in [1.807, 2.05) is 6.92 Å². The van der Waals surface area contributed by atoms with Crippen molar-refractivity contribution >= 4 is 0 Å². The second-order valence-electron chi connectivity index (χ2n) is 5.87. The minimum Gasteiger partial charge on any atom is -0.339 e. The van der Waals surface area contributed by atoms with Crippen molar-refractivity contribution < 1.29 is 4.52 Å². The summed E-state index contributed by atoms with van der Waals surface area (Å²) in [6.45, 7) is 5.96. The first kappa shape index (κ1) is 13.9. The van der Waals surface area contributed by atoms with Crippen LogP contribution in [0.25, 0.3) is 11.5 Å². The van der Waals surface area contributed by atoms with Gasteiger partial charge in [0.1, 0.15) is 12.0 Å². The molecule has 0 atom stereocenters. The summed E-state index contributed by atoms with van der Waals surface area (Å²) < 4.78 is 5.43. The Kier molecular flexibility index (Phi) is 3.82. The molecule has 1 fully saturated rings. The Hall–Kier alpha value is -2.04. The SMILES string of the molecule is C=CC1(Cc2nc(-c3ncncc3C)no2)CCCCC1. The molecule has 21 heavy (non-hydrogen) atoms. The molecule has 5 heteroatoms. The zero-order chi connectivity index (χ0) is 14.7. The van der Waals surface area contributed by atoms with Gasteiger partial charge in [0.2, 0.25) is 11.7 Å². The summed E-state index contributed by atoms with van der Waals surface area (Å²) in [4.78, 5) is 12.7. The highest BCUT2D eigenvalue weighted by atomic mass is 16.5. The lowest BCUT2D eigenvalue weighted by Gasteiger charge is -2.33. The fourth-order valence-electron chi connectivity index (χ4n) is 3.07. The molecule has 0 amide bonds. The molecule has 2 aromatic heterocycles. The van der Waals surface area contributed by atoms with Gasteiger partial charge in [-0.2, -0.15) is 4.98 Å². The van der Waals surface area contributed by atoms with Crippen LogP contribution in [0, 0.1) is 12.3 Å². The number of aryl methyl sites for hydroxylation is 1. The fourth-order valence-corrected chi connectivity index (χ4v) is 3.07. The number of hydrogen-bond acceptors (Lipinski definition) is 5. The molecule has 1 aliphatic rings. The van der Waals surface area contributed by atoms with Crippen LogP contribution in [0.1, 0.15) is 43.6 Å². The Morgan fingerprint density at radius 3 is 2.86 bits per heavy atom. The fraction of sp³-hybridized carbons (Fsp3) is 0.500. The molecule has 0 spiro atoms. The van der Waals surface area contributed by atoms with E-state index < -0.39 is 0 Å². The predicted molar refractivity (Wildman–Crippen MR) is 79.5 cm³/mol. The third kappa shape index (κ3) is 2.86. The van der Waals surface area contributed by atoms with Gasteiger partial charge in [-0.25, -0.2) is 9.97 Å². The van der Waals surface area contributed by atoms with Gasteiger partial charge in [-0.1, -0.05) is 30.5 Å². The maximum absolute atomic E-state index is 5.43. The monoisotopic (exact) mass is 284 g/mol. The van der Waals surface area contributed by atoms with Crippen LogP contribution in [0.15, 0.2) is 29.7 Å². The van der Waals surface area contributed by atoms with Gasteiger partial charge in [0, 0.05) is 12.6 Å². The number of aromatic nitrogens is 4. The van der Waals surface area contributed by atoms with Gasteiger partial charge in [0.05, 0.1) is 0 Å². The van der Waals surface area contributed by atoms with E-state index in [0.29, 0.717) is 11.7 Å². The molecular formula is C16H20N4O.